The Balaban J connectivity index is 1.77. The molecule has 2 atom stereocenters. The van der Waals surface area contributed by atoms with Crippen LogP contribution in [-0.4, -0.2) is 38.7 Å². The molecular formula is C14H18F2N2O2S. The Bertz CT molecular complexity index is 663. The van der Waals surface area contributed by atoms with Crippen LogP contribution in [0.1, 0.15) is 30.0 Å². The maximum Gasteiger partial charge on any atom is 0.208 e. The van der Waals surface area contributed by atoms with Crippen molar-refractivity contribution in [1.29, 1.82) is 0 Å². The predicted molar refractivity (Wildman–Crippen MR) is 75.4 cm³/mol. The average molecular weight is 316 g/mol. The van der Waals surface area contributed by atoms with Gasteiger partial charge in [-0.1, -0.05) is 0 Å². The number of hydrogen-bond acceptors (Lipinski definition) is 3. The molecule has 21 heavy (non-hydrogen) atoms. The molecule has 4 nitrogen and oxygen atoms in total. The van der Waals surface area contributed by atoms with E-state index in [4.69, 9.17) is 0 Å². The summed E-state index contributed by atoms with van der Waals surface area (Å²) in [5.41, 5.74) is 1.31. The average Bonchev–Trinajstić information content (AvgIpc) is 2.93. The van der Waals surface area contributed by atoms with Crippen LogP contribution in [0, 0.1) is 11.6 Å². The number of sulfonamides is 1. The van der Waals surface area contributed by atoms with Gasteiger partial charge in [-0.25, -0.2) is 21.9 Å². The highest BCUT2D eigenvalue weighted by molar-refractivity contribution is 7.88. The molecular weight excluding hydrogens is 298 g/mol. The smallest absolute Gasteiger partial charge is 0.208 e. The van der Waals surface area contributed by atoms with Gasteiger partial charge in [0.05, 0.1) is 6.26 Å². The van der Waals surface area contributed by atoms with Gasteiger partial charge < -0.3 is 0 Å². The molecule has 1 N–H and O–H groups in total. The zero-order valence-electron chi connectivity index (χ0n) is 11.8. The van der Waals surface area contributed by atoms with Crippen LogP contribution in [0.2, 0.25) is 0 Å². The van der Waals surface area contributed by atoms with Crippen LogP contribution < -0.4 is 4.72 Å². The molecule has 1 aromatic carbocycles. The van der Waals surface area contributed by atoms with Crippen molar-refractivity contribution in [2.75, 3.05) is 19.3 Å². The van der Waals surface area contributed by atoms with E-state index in [0.717, 1.165) is 31.7 Å². The van der Waals surface area contributed by atoms with Crippen LogP contribution >= 0.6 is 0 Å². The molecule has 2 aliphatic rings. The number of halogens is 2. The quantitative estimate of drug-likeness (QED) is 0.921. The fourth-order valence-electron chi connectivity index (χ4n) is 3.47. The Morgan fingerprint density at radius 1 is 1.29 bits per heavy atom. The SMILES string of the molecule is CS(=O)(=O)NC1CCN(C2CCc3c(F)cc(F)cc32)C1. The lowest BCUT2D eigenvalue weighted by atomic mass is 10.1. The first kappa shape index (κ1) is 14.9. The Kier molecular flexibility index (Phi) is 3.75. The molecule has 1 aliphatic carbocycles. The predicted octanol–water partition coefficient (Wildman–Crippen LogP) is 1.58. The summed E-state index contributed by atoms with van der Waals surface area (Å²) in [6.07, 6.45) is 3.22. The first-order valence-corrected chi connectivity index (χ1v) is 8.92. The molecule has 1 aliphatic heterocycles. The minimum Gasteiger partial charge on any atom is -0.295 e. The van der Waals surface area contributed by atoms with Gasteiger partial charge in [0.25, 0.3) is 0 Å². The van der Waals surface area contributed by atoms with Gasteiger partial charge in [0.15, 0.2) is 0 Å². The van der Waals surface area contributed by atoms with Crippen molar-refractivity contribution in [2.24, 2.45) is 0 Å². The second-order valence-electron chi connectivity index (χ2n) is 5.88. The molecule has 0 saturated carbocycles. The van der Waals surface area contributed by atoms with Crippen molar-refractivity contribution >= 4 is 10.0 Å². The number of rotatable bonds is 3. The molecule has 0 radical (unpaired) electrons. The number of likely N-dealkylation sites (tertiary alicyclic amines) is 1. The van der Waals surface area contributed by atoms with E-state index >= 15 is 0 Å². The summed E-state index contributed by atoms with van der Waals surface area (Å²) < 4.78 is 52.3. The molecule has 7 heteroatoms. The van der Waals surface area contributed by atoms with Crippen LogP contribution in [0.4, 0.5) is 8.78 Å². The van der Waals surface area contributed by atoms with Crippen molar-refractivity contribution in [3.63, 3.8) is 0 Å². The van der Waals surface area contributed by atoms with E-state index in [1.54, 1.807) is 0 Å². The fourth-order valence-corrected chi connectivity index (χ4v) is 4.27. The maximum atomic E-state index is 13.8. The van der Waals surface area contributed by atoms with Crippen molar-refractivity contribution in [2.45, 2.75) is 31.3 Å². The van der Waals surface area contributed by atoms with Gasteiger partial charge in [0, 0.05) is 31.2 Å². The third-order valence-electron chi connectivity index (χ3n) is 4.26. The molecule has 1 aromatic rings. The van der Waals surface area contributed by atoms with Gasteiger partial charge in [0.1, 0.15) is 11.6 Å². The van der Waals surface area contributed by atoms with Crippen molar-refractivity contribution < 1.29 is 17.2 Å². The van der Waals surface area contributed by atoms with Gasteiger partial charge in [-0.2, -0.15) is 0 Å². The van der Waals surface area contributed by atoms with Crippen molar-refractivity contribution in [3.05, 3.63) is 34.9 Å². The van der Waals surface area contributed by atoms with E-state index in [1.807, 2.05) is 0 Å². The highest BCUT2D eigenvalue weighted by atomic mass is 32.2. The summed E-state index contributed by atoms with van der Waals surface area (Å²) in [5, 5.41) is 0. The Hall–Kier alpha value is -1.05. The normalized spacial score (nSPS) is 26.2. The van der Waals surface area contributed by atoms with Crippen LogP contribution in [-0.2, 0) is 16.4 Å². The molecule has 0 aromatic heterocycles. The lowest BCUT2D eigenvalue weighted by molar-refractivity contribution is 0.240. The second kappa shape index (κ2) is 5.30. The summed E-state index contributed by atoms with van der Waals surface area (Å²) in [6.45, 7) is 1.31. The van der Waals surface area contributed by atoms with Crippen molar-refractivity contribution in [3.8, 4) is 0 Å². The zero-order valence-corrected chi connectivity index (χ0v) is 12.6. The lowest BCUT2D eigenvalue weighted by Crippen LogP contribution is -2.36. The van der Waals surface area contributed by atoms with E-state index in [-0.39, 0.29) is 12.1 Å². The summed E-state index contributed by atoms with van der Waals surface area (Å²) in [7, 11) is -3.23. The standard InChI is InChI=1S/C14H18F2N2O2S/c1-21(19,20)17-10-4-5-18(8-10)14-3-2-11-12(14)6-9(15)7-13(11)16/h6-7,10,14,17H,2-5,8H2,1H3. The molecule has 3 rings (SSSR count). The number of nitrogens with zero attached hydrogens (tertiary/aromatic N) is 1. The molecule has 2 unspecified atom stereocenters. The Labute approximate surface area is 123 Å². The highest BCUT2D eigenvalue weighted by Gasteiger charge is 2.35. The van der Waals surface area contributed by atoms with E-state index in [2.05, 4.69) is 9.62 Å². The van der Waals surface area contributed by atoms with Gasteiger partial charge in [-0.3, -0.25) is 4.90 Å². The van der Waals surface area contributed by atoms with Crippen LogP contribution in [0.5, 0.6) is 0 Å². The van der Waals surface area contributed by atoms with Crippen LogP contribution in [0.15, 0.2) is 12.1 Å². The minimum absolute atomic E-state index is 0.0171. The number of benzene rings is 1. The molecule has 0 bridgehead atoms. The molecule has 1 saturated heterocycles. The topological polar surface area (TPSA) is 49.4 Å². The lowest BCUT2D eigenvalue weighted by Gasteiger charge is -2.25. The number of hydrogen-bond donors (Lipinski definition) is 1. The number of nitrogens with one attached hydrogen (secondary N) is 1. The Morgan fingerprint density at radius 3 is 2.76 bits per heavy atom. The van der Waals surface area contributed by atoms with Crippen LogP contribution in [0.3, 0.4) is 0 Å². The monoisotopic (exact) mass is 316 g/mol. The van der Waals surface area contributed by atoms with Gasteiger partial charge in [0.2, 0.25) is 10.0 Å². The molecule has 116 valence electrons. The summed E-state index contributed by atoms with van der Waals surface area (Å²) in [5.74, 6) is -1.03. The zero-order chi connectivity index (χ0) is 15.2. The summed E-state index contributed by atoms with van der Waals surface area (Å²) in [6, 6.07) is 2.20. The summed E-state index contributed by atoms with van der Waals surface area (Å²) >= 11 is 0. The number of fused-ring (bicyclic) bond motifs is 1. The third kappa shape index (κ3) is 3.09. The first-order chi connectivity index (χ1) is 9.83. The molecule has 0 spiro atoms. The van der Waals surface area contributed by atoms with E-state index in [1.165, 1.54) is 6.07 Å². The third-order valence-corrected chi connectivity index (χ3v) is 5.02. The summed E-state index contributed by atoms with van der Waals surface area (Å²) in [4.78, 5) is 2.12. The molecule has 1 fully saturated rings. The molecule has 0 amide bonds. The van der Waals surface area contributed by atoms with E-state index in [0.29, 0.717) is 24.1 Å². The van der Waals surface area contributed by atoms with Gasteiger partial charge in [-0.15, -0.1) is 0 Å². The van der Waals surface area contributed by atoms with E-state index < -0.39 is 21.7 Å². The van der Waals surface area contributed by atoms with Crippen LogP contribution in [0.25, 0.3) is 0 Å². The second-order valence-corrected chi connectivity index (χ2v) is 7.66. The largest absolute Gasteiger partial charge is 0.295 e. The van der Waals surface area contributed by atoms with Gasteiger partial charge >= 0.3 is 0 Å². The minimum atomic E-state index is -3.23. The van der Waals surface area contributed by atoms with Gasteiger partial charge in [-0.05, 0) is 36.5 Å². The first-order valence-electron chi connectivity index (χ1n) is 7.02. The molecule has 1 heterocycles. The highest BCUT2D eigenvalue weighted by Crippen LogP contribution is 2.39. The fraction of sp³-hybridized carbons (Fsp3) is 0.571. The maximum absolute atomic E-state index is 13.8. The van der Waals surface area contributed by atoms with Crippen molar-refractivity contribution in [1.82, 2.24) is 9.62 Å². The Morgan fingerprint density at radius 2 is 2.05 bits per heavy atom. The van der Waals surface area contributed by atoms with E-state index in [9.17, 15) is 17.2 Å².